The Kier molecular flexibility index (Phi) is 5.71. The zero-order valence-electron chi connectivity index (χ0n) is 9.03. The summed E-state index contributed by atoms with van der Waals surface area (Å²) >= 11 is 3.21. The number of rotatable bonds is 5. The van der Waals surface area contributed by atoms with Gasteiger partial charge in [0.25, 0.3) is 0 Å². The van der Waals surface area contributed by atoms with Gasteiger partial charge in [0, 0.05) is 11.9 Å². The van der Waals surface area contributed by atoms with Gasteiger partial charge in [-0.05, 0) is 17.7 Å². The SMILES string of the molecule is COc1ccc(COC(=O)NCCBr)cc1. The van der Waals surface area contributed by atoms with Crippen molar-refractivity contribution in [3.05, 3.63) is 29.8 Å². The summed E-state index contributed by atoms with van der Waals surface area (Å²) in [5.74, 6) is 0.785. The molecular weight excluding hydrogens is 274 g/mol. The van der Waals surface area contributed by atoms with Crippen molar-refractivity contribution in [2.24, 2.45) is 0 Å². The highest BCUT2D eigenvalue weighted by Gasteiger charge is 2.01. The van der Waals surface area contributed by atoms with E-state index in [4.69, 9.17) is 9.47 Å². The van der Waals surface area contributed by atoms with E-state index in [9.17, 15) is 4.79 Å². The lowest BCUT2D eigenvalue weighted by atomic mass is 10.2. The minimum absolute atomic E-state index is 0.262. The molecule has 5 heteroatoms. The van der Waals surface area contributed by atoms with Crippen LogP contribution in [0.2, 0.25) is 0 Å². The predicted octanol–water partition coefficient (Wildman–Crippen LogP) is 2.32. The van der Waals surface area contributed by atoms with Gasteiger partial charge in [-0.2, -0.15) is 0 Å². The number of halogens is 1. The molecule has 88 valence electrons. The van der Waals surface area contributed by atoms with Crippen LogP contribution in [0.15, 0.2) is 24.3 Å². The number of hydrogen-bond acceptors (Lipinski definition) is 3. The van der Waals surface area contributed by atoms with Gasteiger partial charge in [-0.25, -0.2) is 4.79 Å². The molecule has 0 saturated heterocycles. The van der Waals surface area contributed by atoms with Gasteiger partial charge in [0.2, 0.25) is 0 Å². The van der Waals surface area contributed by atoms with Crippen LogP contribution in [0.5, 0.6) is 5.75 Å². The van der Waals surface area contributed by atoms with Gasteiger partial charge in [0.05, 0.1) is 7.11 Å². The van der Waals surface area contributed by atoms with E-state index in [1.807, 2.05) is 24.3 Å². The van der Waals surface area contributed by atoms with Gasteiger partial charge in [-0.15, -0.1) is 0 Å². The van der Waals surface area contributed by atoms with E-state index < -0.39 is 6.09 Å². The molecule has 0 aliphatic rings. The summed E-state index contributed by atoms with van der Waals surface area (Å²) < 4.78 is 10.0. The number of hydrogen-bond donors (Lipinski definition) is 1. The summed E-state index contributed by atoms with van der Waals surface area (Å²) in [7, 11) is 1.61. The fourth-order valence-corrected chi connectivity index (χ4v) is 1.27. The van der Waals surface area contributed by atoms with Crippen LogP contribution in [0.4, 0.5) is 4.79 Å². The van der Waals surface area contributed by atoms with Gasteiger partial charge in [0.1, 0.15) is 12.4 Å². The number of amides is 1. The molecule has 0 radical (unpaired) electrons. The lowest BCUT2D eigenvalue weighted by molar-refractivity contribution is 0.140. The summed E-state index contributed by atoms with van der Waals surface area (Å²) in [6.07, 6.45) is -0.407. The number of benzene rings is 1. The van der Waals surface area contributed by atoms with Crippen molar-refractivity contribution >= 4 is 22.0 Å². The number of carbonyl (C=O) groups is 1. The van der Waals surface area contributed by atoms with E-state index >= 15 is 0 Å². The second-order valence-electron chi connectivity index (χ2n) is 3.04. The van der Waals surface area contributed by atoms with Crippen LogP contribution in [0.1, 0.15) is 5.56 Å². The van der Waals surface area contributed by atoms with Gasteiger partial charge in [-0.3, -0.25) is 0 Å². The third-order valence-corrected chi connectivity index (χ3v) is 2.29. The molecule has 16 heavy (non-hydrogen) atoms. The zero-order chi connectivity index (χ0) is 11.8. The average Bonchev–Trinajstić information content (AvgIpc) is 2.34. The predicted molar refractivity (Wildman–Crippen MR) is 65.0 cm³/mol. The first-order valence-corrected chi connectivity index (χ1v) is 5.98. The lowest BCUT2D eigenvalue weighted by Crippen LogP contribution is -2.25. The highest BCUT2D eigenvalue weighted by atomic mass is 79.9. The molecule has 0 atom stereocenters. The first kappa shape index (κ1) is 12.8. The van der Waals surface area contributed by atoms with Crippen molar-refractivity contribution in [3.8, 4) is 5.75 Å². The third-order valence-electron chi connectivity index (χ3n) is 1.89. The molecular formula is C11H14BrNO3. The molecule has 1 N–H and O–H groups in total. The summed E-state index contributed by atoms with van der Waals surface area (Å²) in [5.41, 5.74) is 0.926. The number of alkyl halides is 1. The first-order valence-electron chi connectivity index (χ1n) is 4.86. The fraction of sp³-hybridized carbons (Fsp3) is 0.364. The summed E-state index contributed by atoms with van der Waals surface area (Å²) in [5, 5.41) is 3.31. The number of ether oxygens (including phenoxy) is 2. The molecule has 4 nitrogen and oxygen atoms in total. The smallest absolute Gasteiger partial charge is 0.407 e. The topological polar surface area (TPSA) is 47.6 Å². The van der Waals surface area contributed by atoms with Crippen LogP contribution in [0, 0.1) is 0 Å². The van der Waals surface area contributed by atoms with Crippen LogP contribution >= 0.6 is 15.9 Å². The molecule has 0 heterocycles. The van der Waals surface area contributed by atoms with Gasteiger partial charge in [-0.1, -0.05) is 28.1 Å². The van der Waals surface area contributed by atoms with Crippen molar-refractivity contribution < 1.29 is 14.3 Å². The fourth-order valence-electron chi connectivity index (χ4n) is 1.07. The largest absolute Gasteiger partial charge is 0.497 e. The molecule has 0 fully saturated rings. The Bertz CT molecular complexity index is 327. The first-order chi connectivity index (χ1) is 7.76. The van der Waals surface area contributed by atoms with Gasteiger partial charge < -0.3 is 14.8 Å². The number of methoxy groups -OCH3 is 1. The molecule has 1 amide bonds. The van der Waals surface area contributed by atoms with Crippen molar-refractivity contribution in [1.29, 1.82) is 0 Å². The molecule has 0 aromatic heterocycles. The highest BCUT2D eigenvalue weighted by molar-refractivity contribution is 9.09. The Balaban J connectivity index is 2.33. The van der Waals surface area contributed by atoms with E-state index in [0.717, 1.165) is 11.3 Å². The molecule has 0 bridgehead atoms. The van der Waals surface area contributed by atoms with Crippen LogP contribution < -0.4 is 10.1 Å². The number of carbonyl (C=O) groups excluding carboxylic acids is 1. The highest BCUT2D eigenvalue weighted by Crippen LogP contribution is 2.11. The second kappa shape index (κ2) is 7.11. The molecule has 1 rings (SSSR count). The Morgan fingerprint density at radius 1 is 1.38 bits per heavy atom. The van der Waals surface area contributed by atoms with Crippen molar-refractivity contribution in [1.82, 2.24) is 5.32 Å². The standard InChI is InChI=1S/C11H14BrNO3/c1-15-10-4-2-9(3-5-10)8-16-11(14)13-7-6-12/h2-5H,6-8H2,1H3,(H,13,14). The quantitative estimate of drug-likeness (QED) is 0.846. The third kappa shape index (κ3) is 4.53. The van der Waals surface area contributed by atoms with Crippen molar-refractivity contribution in [3.63, 3.8) is 0 Å². The normalized spacial score (nSPS) is 9.62. The molecule has 0 aliphatic carbocycles. The van der Waals surface area contributed by atoms with Crippen LogP contribution in [0.25, 0.3) is 0 Å². The number of alkyl carbamates (subject to hydrolysis) is 1. The lowest BCUT2D eigenvalue weighted by Gasteiger charge is -2.06. The summed E-state index contributed by atoms with van der Waals surface area (Å²) in [6, 6.07) is 7.37. The monoisotopic (exact) mass is 287 g/mol. The Labute approximate surface area is 103 Å². The van der Waals surface area contributed by atoms with Gasteiger partial charge >= 0.3 is 6.09 Å². The van der Waals surface area contributed by atoms with E-state index in [1.165, 1.54) is 0 Å². The zero-order valence-corrected chi connectivity index (χ0v) is 10.6. The minimum Gasteiger partial charge on any atom is -0.497 e. The Hall–Kier alpha value is -1.23. The van der Waals surface area contributed by atoms with E-state index in [2.05, 4.69) is 21.2 Å². The molecule has 0 unspecified atom stereocenters. The average molecular weight is 288 g/mol. The maximum atomic E-state index is 11.1. The second-order valence-corrected chi connectivity index (χ2v) is 3.83. The van der Waals surface area contributed by atoms with Crippen molar-refractivity contribution in [2.45, 2.75) is 6.61 Å². The molecule has 0 spiro atoms. The minimum atomic E-state index is -0.407. The van der Waals surface area contributed by atoms with E-state index in [-0.39, 0.29) is 6.61 Å². The number of nitrogens with one attached hydrogen (secondary N) is 1. The van der Waals surface area contributed by atoms with Gasteiger partial charge in [0.15, 0.2) is 0 Å². The van der Waals surface area contributed by atoms with E-state index in [0.29, 0.717) is 11.9 Å². The Morgan fingerprint density at radius 3 is 2.62 bits per heavy atom. The maximum Gasteiger partial charge on any atom is 0.407 e. The molecule has 0 aliphatic heterocycles. The van der Waals surface area contributed by atoms with Crippen molar-refractivity contribution in [2.75, 3.05) is 19.0 Å². The maximum absolute atomic E-state index is 11.1. The van der Waals surface area contributed by atoms with Crippen LogP contribution in [0.3, 0.4) is 0 Å². The molecule has 1 aromatic rings. The van der Waals surface area contributed by atoms with Crippen LogP contribution in [-0.2, 0) is 11.3 Å². The molecule has 1 aromatic carbocycles. The summed E-state index contributed by atoms with van der Waals surface area (Å²) in [4.78, 5) is 11.1. The van der Waals surface area contributed by atoms with E-state index in [1.54, 1.807) is 7.11 Å². The van der Waals surface area contributed by atoms with Crippen LogP contribution in [-0.4, -0.2) is 25.1 Å². The Morgan fingerprint density at radius 2 is 2.06 bits per heavy atom. The molecule has 0 saturated carbocycles. The summed E-state index contributed by atoms with van der Waals surface area (Å²) in [6.45, 7) is 0.819.